The van der Waals surface area contributed by atoms with Crippen LogP contribution in [0.4, 0.5) is 0 Å². The van der Waals surface area contributed by atoms with E-state index in [9.17, 15) is 0 Å². The van der Waals surface area contributed by atoms with Gasteiger partial charge in [-0.2, -0.15) is 0 Å². The van der Waals surface area contributed by atoms with Gasteiger partial charge in [0.15, 0.2) is 0 Å². The smallest absolute Gasteiger partial charge is 0.265 e. The molecule has 0 bridgehead atoms. The van der Waals surface area contributed by atoms with Gasteiger partial charge in [-0.3, -0.25) is 4.98 Å². The van der Waals surface area contributed by atoms with E-state index in [0.717, 1.165) is 0 Å². The fourth-order valence-electron chi connectivity index (χ4n) is 0.313. The number of pyridine rings is 1. The van der Waals surface area contributed by atoms with Crippen LogP contribution in [0.5, 0.6) is 0 Å². The first-order valence-corrected chi connectivity index (χ1v) is 4.12. The highest BCUT2D eigenvalue weighted by Gasteiger charge is 1.58. The zero-order valence-corrected chi connectivity index (χ0v) is 7.84. The molecule has 4 heteroatoms. The summed E-state index contributed by atoms with van der Waals surface area (Å²) in [6.07, 6.45) is 3.50. The van der Waals surface area contributed by atoms with Crippen LogP contribution < -0.4 is 0 Å². The molecule has 0 saturated heterocycles. The second-order valence-electron chi connectivity index (χ2n) is 1.11. The van der Waals surface area contributed by atoms with E-state index in [4.69, 9.17) is 0 Å². The predicted octanol–water partition coefficient (Wildman–Crippen LogP) is 2.39. The van der Waals surface area contributed by atoms with E-state index in [-0.39, 0.29) is 0 Å². The summed E-state index contributed by atoms with van der Waals surface area (Å²) < 4.78 is 0. The summed E-state index contributed by atoms with van der Waals surface area (Å²) in [5, 5.41) is 0. The number of rotatable bonds is 0. The van der Waals surface area contributed by atoms with Crippen LogP contribution >= 0.6 is 31.5 Å². The molecule has 0 aliphatic rings. The summed E-state index contributed by atoms with van der Waals surface area (Å²) in [4.78, 5) is 5.41. The van der Waals surface area contributed by atoms with Crippen LogP contribution in [0.3, 0.4) is 0 Å². The molecule has 0 atom stereocenters. The Hall–Kier alpha value is 0.175. The maximum atomic E-state index is 3.78. The molecule has 0 spiro atoms. The number of halogens is 2. The molecule has 1 nitrogen and oxygen atoms in total. The summed E-state index contributed by atoms with van der Waals surface area (Å²) in [5.41, 5.74) is 0. The van der Waals surface area contributed by atoms with Gasteiger partial charge in [0.25, 0.3) is 4.93 Å². The molecule has 1 rings (SSSR count). The van der Waals surface area contributed by atoms with Gasteiger partial charge in [0.05, 0.1) is 0 Å². The normalized spacial score (nSPS) is 6.89. The minimum absolute atomic E-state index is 1.62. The van der Waals surface area contributed by atoms with E-state index in [2.05, 4.69) is 36.5 Å². The van der Waals surface area contributed by atoms with Crippen LogP contribution in [0.2, 0.25) is 0 Å². The summed E-state index contributed by atoms with van der Waals surface area (Å²) >= 11 is 5.88. The minimum Gasteiger partial charge on any atom is -0.265 e. The molecule has 1 heterocycles. The third-order valence-electron chi connectivity index (χ3n) is 0.566. The van der Waals surface area contributed by atoms with Crippen molar-refractivity contribution >= 4 is 36.4 Å². The zero-order chi connectivity index (χ0) is 6.95. The van der Waals surface area contributed by atoms with Gasteiger partial charge in [-0.05, 0) is 12.1 Å². The Morgan fingerprint density at radius 1 is 1.00 bits per heavy atom. The largest absolute Gasteiger partial charge is 0.294 e. The molecular formula is C5H5BBr2N. The van der Waals surface area contributed by atoms with Crippen molar-refractivity contribution in [1.29, 1.82) is 0 Å². The van der Waals surface area contributed by atoms with Crippen molar-refractivity contribution in [1.82, 2.24) is 4.98 Å². The lowest BCUT2D eigenvalue weighted by molar-refractivity contribution is 1.33. The molecule has 1 aromatic rings. The van der Waals surface area contributed by atoms with Gasteiger partial charge in [-0.25, -0.2) is 0 Å². The van der Waals surface area contributed by atoms with E-state index in [1.165, 1.54) is 0 Å². The fourth-order valence-corrected chi connectivity index (χ4v) is 0.313. The zero-order valence-electron chi connectivity index (χ0n) is 4.67. The van der Waals surface area contributed by atoms with Gasteiger partial charge in [-0.15, -0.1) is 31.5 Å². The van der Waals surface area contributed by atoms with Gasteiger partial charge in [0, 0.05) is 12.4 Å². The Balaban J connectivity index is 0.000000187. The Morgan fingerprint density at radius 3 is 1.56 bits per heavy atom. The summed E-state index contributed by atoms with van der Waals surface area (Å²) in [6.45, 7) is 0. The highest BCUT2D eigenvalue weighted by molar-refractivity contribution is 9.47. The Bertz CT molecular complexity index is 97.8. The number of nitrogens with zero attached hydrogens (tertiary/aromatic N) is 1. The Labute approximate surface area is 72.1 Å². The first-order chi connectivity index (χ1) is 4.41. The summed E-state index contributed by atoms with van der Waals surface area (Å²) in [6, 6.07) is 5.72. The average Bonchev–Trinajstić information content (AvgIpc) is 1.93. The van der Waals surface area contributed by atoms with Crippen LogP contribution in [-0.4, -0.2) is 9.91 Å². The monoisotopic (exact) mass is 248 g/mol. The van der Waals surface area contributed by atoms with Crippen LogP contribution in [0.25, 0.3) is 0 Å². The van der Waals surface area contributed by atoms with Gasteiger partial charge < -0.3 is 0 Å². The lowest BCUT2D eigenvalue weighted by Gasteiger charge is -1.70. The summed E-state index contributed by atoms with van der Waals surface area (Å²) in [5.74, 6) is 0. The van der Waals surface area contributed by atoms with E-state index < -0.39 is 0 Å². The topological polar surface area (TPSA) is 12.9 Å². The van der Waals surface area contributed by atoms with Crippen molar-refractivity contribution in [3.05, 3.63) is 30.6 Å². The van der Waals surface area contributed by atoms with Crippen LogP contribution in [0, 0.1) is 0 Å². The van der Waals surface area contributed by atoms with E-state index in [1.54, 1.807) is 17.3 Å². The first-order valence-electron chi connectivity index (χ1n) is 2.29. The molecule has 0 amide bonds. The van der Waals surface area contributed by atoms with Crippen molar-refractivity contribution in [2.24, 2.45) is 0 Å². The number of hydrogen-bond acceptors (Lipinski definition) is 1. The van der Waals surface area contributed by atoms with Crippen molar-refractivity contribution in [2.75, 3.05) is 0 Å². The quantitative estimate of drug-likeness (QED) is 0.644. The second-order valence-corrected chi connectivity index (χ2v) is 3.25. The third-order valence-corrected chi connectivity index (χ3v) is 0.566. The molecule has 0 aromatic carbocycles. The van der Waals surface area contributed by atoms with Crippen molar-refractivity contribution in [3.8, 4) is 0 Å². The standard InChI is InChI=1S/C5H5N.BBr2/c1-2-4-6-5-3-1;2-1-3/h1-5H;. The van der Waals surface area contributed by atoms with Gasteiger partial charge in [0.2, 0.25) is 0 Å². The van der Waals surface area contributed by atoms with Crippen molar-refractivity contribution in [3.63, 3.8) is 0 Å². The van der Waals surface area contributed by atoms with Gasteiger partial charge >= 0.3 is 0 Å². The molecule has 0 fully saturated rings. The van der Waals surface area contributed by atoms with Gasteiger partial charge in [0.1, 0.15) is 0 Å². The maximum Gasteiger partial charge on any atom is 0.294 e. The number of aromatic nitrogens is 1. The third kappa shape index (κ3) is 8.17. The van der Waals surface area contributed by atoms with Crippen LogP contribution in [-0.2, 0) is 0 Å². The fraction of sp³-hybridized carbons (Fsp3) is 0. The van der Waals surface area contributed by atoms with Crippen LogP contribution in [0.15, 0.2) is 30.6 Å². The van der Waals surface area contributed by atoms with Crippen molar-refractivity contribution in [2.45, 2.75) is 0 Å². The van der Waals surface area contributed by atoms with Crippen LogP contribution in [0.1, 0.15) is 0 Å². The molecule has 0 unspecified atom stereocenters. The van der Waals surface area contributed by atoms with Crippen molar-refractivity contribution < 1.29 is 0 Å². The predicted molar refractivity (Wildman–Crippen MR) is 47.8 cm³/mol. The molecule has 0 saturated carbocycles. The van der Waals surface area contributed by atoms with E-state index >= 15 is 0 Å². The Morgan fingerprint density at radius 2 is 1.44 bits per heavy atom. The maximum absolute atomic E-state index is 3.78. The highest BCUT2D eigenvalue weighted by atomic mass is 79.9. The first kappa shape index (κ1) is 9.17. The molecule has 47 valence electrons. The molecule has 1 radical (unpaired) electrons. The molecule has 9 heavy (non-hydrogen) atoms. The van der Waals surface area contributed by atoms with E-state index in [1.807, 2.05) is 18.2 Å². The molecule has 0 N–H and O–H groups in total. The highest BCUT2D eigenvalue weighted by Crippen LogP contribution is 1.77. The number of hydrogen-bond donors (Lipinski definition) is 0. The lowest BCUT2D eigenvalue weighted by Crippen LogP contribution is -1.58. The minimum atomic E-state index is 1.62. The second kappa shape index (κ2) is 8.17. The molecule has 0 aliphatic heterocycles. The SMILES string of the molecule is Br[B]Br.c1ccncc1. The van der Waals surface area contributed by atoms with E-state index in [0.29, 0.717) is 0 Å². The molecule has 0 aliphatic carbocycles. The van der Waals surface area contributed by atoms with Gasteiger partial charge in [-0.1, -0.05) is 6.07 Å². The molecular weight excluding hydrogens is 245 g/mol. The summed E-state index contributed by atoms with van der Waals surface area (Å²) in [7, 11) is 0. The molecule has 1 aromatic heterocycles. The lowest BCUT2D eigenvalue weighted by atomic mass is 10.5. The Kier molecular flexibility index (Phi) is 8.33. The average molecular weight is 250 g/mol.